The van der Waals surface area contributed by atoms with Gasteiger partial charge in [0, 0.05) is 18.9 Å². The highest BCUT2D eigenvalue weighted by Gasteiger charge is 2.31. The maximum absolute atomic E-state index is 11.5. The van der Waals surface area contributed by atoms with Crippen molar-refractivity contribution in [1.29, 1.82) is 0 Å². The molecule has 0 heterocycles. The molecule has 0 aliphatic heterocycles. The minimum Gasteiger partial charge on any atom is -0.497 e. The van der Waals surface area contributed by atoms with E-state index in [1.165, 1.54) is 0 Å². The smallest absolute Gasteiger partial charge is 0.223 e. The Labute approximate surface area is 113 Å². The Morgan fingerprint density at radius 1 is 1.42 bits per heavy atom. The van der Waals surface area contributed by atoms with Gasteiger partial charge in [-0.3, -0.25) is 4.79 Å². The number of carbonyl (C=O) groups is 1. The molecule has 0 unspecified atom stereocenters. The maximum Gasteiger partial charge on any atom is 0.223 e. The van der Waals surface area contributed by atoms with Crippen molar-refractivity contribution in [3.8, 4) is 5.75 Å². The molecule has 1 aliphatic rings. The molecular weight excluding hydrogens is 242 g/mol. The van der Waals surface area contributed by atoms with Crippen molar-refractivity contribution in [2.45, 2.75) is 31.8 Å². The van der Waals surface area contributed by atoms with Gasteiger partial charge in [-0.05, 0) is 37.5 Å². The van der Waals surface area contributed by atoms with Crippen molar-refractivity contribution in [3.63, 3.8) is 0 Å². The van der Waals surface area contributed by atoms with Crippen LogP contribution in [0.2, 0.25) is 0 Å². The van der Waals surface area contributed by atoms with Gasteiger partial charge in [0.1, 0.15) is 5.75 Å². The van der Waals surface area contributed by atoms with Crippen LogP contribution in [0.5, 0.6) is 5.75 Å². The van der Waals surface area contributed by atoms with Gasteiger partial charge in [-0.2, -0.15) is 0 Å². The number of carbonyl (C=O) groups excluding carboxylic acids is 1. The third kappa shape index (κ3) is 4.24. The van der Waals surface area contributed by atoms with E-state index in [0.717, 1.165) is 24.2 Å². The molecule has 4 heteroatoms. The summed E-state index contributed by atoms with van der Waals surface area (Å²) in [6, 6.07) is 7.59. The summed E-state index contributed by atoms with van der Waals surface area (Å²) in [7, 11) is 1.62. The van der Waals surface area contributed by atoms with E-state index in [0.29, 0.717) is 6.42 Å². The molecule has 0 bridgehead atoms. The molecule has 19 heavy (non-hydrogen) atoms. The molecule has 1 aromatic carbocycles. The first-order chi connectivity index (χ1) is 9.00. The molecule has 2 rings (SSSR count). The molecule has 0 radical (unpaired) electrons. The van der Waals surface area contributed by atoms with Crippen molar-refractivity contribution in [2.75, 3.05) is 13.7 Å². The van der Waals surface area contributed by atoms with Crippen LogP contribution in [0.1, 0.15) is 25.3 Å². The standard InChI is InChI=1S/C15H21NO3/c1-15(18,10-16-14(17)12-5-6-12)9-11-3-7-13(19-2)8-4-11/h3-4,7-8,12,18H,5-6,9-10H2,1-2H3,(H,16,17)/t15-/m1/s1. The van der Waals surface area contributed by atoms with Crippen LogP contribution < -0.4 is 10.1 Å². The summed E-state index contributed by atoms with van der Waals surface area (Å²) < 4.78 is 5.09. The van der Waals surface area contributed by atoms with Crippen molar-refractivity contribution in [3.05, 3.63) is 29.8 Å². The topological polar surface area (TPSA) is 58.6 Å². The second kappa shape index (κ2) is 5.61. The third-order valence-corrected chi connectivity index (χ3v) is 3.34. The van der Waals surface area contributed by atoms with E-state index >= 15 is 0 Å². The molecule has 4 nitrogen and oxygen atoms in total. The van der Waals surface area contributed by atoms with Crippen LogP contribution in [0.15, 0.2) is 24.3 Å². The predicted octanol–water partition coefficient (Wildman–Crippen LogP) is 1.51. The highest BCUT2D eigenvalue weighted by atomic mass is 16.5. The number of nitrogens with one attached hydrogen (secondary N) is 1. The highest BCUT2D eigenvalue weighted by Crippen LogP contribution is 2.28. The molecule has 0 spiro atoms. The summed E-state index contributed by atoms with van der Waals surface area (Å²) in [4.78, 5) is 11.5. The number of rotatable bonds is 6. The van der Waals surface area contributed by atoms with Crippen LogP contribution in [0.25, 0.3) is 0 Å². The van der Waals surface area contributed by atoms with Crippen LogP contribution in [-0.4, -0.2) is 30.3 Å². The molecule has 1 amide bonds. The average molecular weight is 263 g/mol. The van der Waals surface area contributed by atoms with Crippen molar-refractivity contribution in [1.82, 2.24) is 5.32 Å². The van der Waals surface area contributed by atoms with E-state index in [-0.39, 0.29) is 18.4 Å². The zero-order valence-corrected chi connectivity index (χ0v) is 11.5. The fraction of sp³-hybridized carbons (Fsp3) is 0.533. The van der Waals surface area contributed by atoms with E-state index in [9.17, 15) is 9.90 Å². The van der Waals surface area contributed by atoms with Crippen molar-refractivity contribution >= 4 is 5.91 Å². The summed E-state index contributed by atoms with van der Waals surface area (Å²) in [5.41, 5.74) is 0.0885. The Bertz CT molecular complexity index is 435. The molecule has 0 saturated heterocycles. The van der Waals surface area contributed by atoms with Gasteiger partial charge in [-0.15, -0.1) is 0 Å². The zero-order valence-electron chi connectivity index (χ0n) is 11.5. The van der Waals surface area contributed by atoms with Crippen molar-refractivity contribution in [2.24, 2.45) is 5.92 Å². The zero-order chi connectivity index (χ0) is 13.9. The monoisotopic (exact) mass is 263 g/mol. The van der Waals surface area contributed by atoms with E-state index in [1.54, 1.807) is 14.0 Å². The van der Waals surface area contributed by atoms with E-state index in [1.807, 2.05) is 24.3 Å². The number of aliphatic hydroxyl groups is 1. The largest absolute Gasteiger partial charge is 0.497 e. The first-order valence-corrected chi connectivity index (χ1v) is 6.63. The minimum absolute atomic E-state index is 0.0648. The van der Waals surface area contributed by atoms with Gasteiger partial charge < -0.3 is 15.2 Å². The van der Waals surface area contributed by atoms with Gasteiger partial charge in [0.15, 0.2) is 0 Å². The summed E-state index contributed by atoms with van der Waals surface area (Å²) in [6.45, 7) is 2.03. The molecule has 1 aromatic rings. The summed E-state index contributed by atoms with van der Waals surface area (Å²) in [6.07, 6.45) is 2.46. The fourth-order valence-corrected chi connectivity index (χ4v) is 2.01. The first kappa shape index (κ1) is 13.9. The molecule has 1 fully saturated rings. The number of hydrogen-bond acceptors (Lipinski definition) is 3. The summed E-state index contributed by atoms with van der Waals surface area (Å²) in [5.74, 6) is 1.04. The quantitative estimate of drug-likeness (QED) is 0.818. The van der Waals surface area contributed by atoms with Crippen molar-refractivity contribution < 1.29 is 14.6 Å². The molecule has 104 valence electrons. The Morgan fingerprint density at radius 2 is 2.05 bits per heavy atom. The van der Waals surface area contributed by atoms with E-state index < -0.39 is 5.60 Å². The Hall–Kier alpha value is -1.55. The number of methoxy groups -OCH3 is 1. The second-order valence-corrected chi connectivity index (χ2v) is 5.51. The Morgan fingerprint density at radius 3 is 2.58 bits per heavy atom. The van der Waals surface area contributed by atoms with Gasteiger partial charge in [0.25, 0.3) is 0 Å². The molecular formula is C15H21NO3. The molecule has 2 N–H and O–H groups in total. The first-order valence-electron chi connectivity index (χ1n) is 6.63. The summed E-state index contributed by atoms with van der Waals surface area (Å²) in [5, 5.41) is 13.1. The average Bonchev–Trinajstić information content (AvgIpc) is 3.21. The van der Waals surface area contributed by atoms with Crippen LogP contribution in [0.4, 0.5) is 0 Å². The van der Waals surface area contributed by atoms with Gasteiger partial charge in [0.05, 0.1) is 12.7 Å². The second-order valence-electron chi connectivity index (χ2n) is 5.51. The minimum atomic E-state index is -0.931. The lowest BCUT2D eigenvalue weighted by atomic mass is 9.96. The van der Waals surface area contributed by atoms with Gasteiger partial charge in [0.2, 0.25) is 5.91 Å². The number of benzene rings is 1. The van der Waals surface area contributed by atoms with Gasteiger partial charge >= 0.3 is 0 Å². The molecule has 1 aliphatic carbocycles. The lowest BCUT2D eigenvalue weighted by Crippen LogP contribution is -2.42. The van der Waals surface area contributed by atoms with Crippen LogP contribution >= 0.6 is 0 Å². The number of hydrogen-bond donors (Lipinski definition) is 2. The SMILES string of the molecule is COc1ccc(C[C@@](C)(O)CNC(=O)C2CC2)cc1. The van der Waals surface area contributed by atoms with Gasteiger partial charge in [-0.25, -0.2) is 0 Å². The fourth-order valence-electron chi connectivity index (χ4n) is 2.01. The molecule has 1 atom stereocenters. The van der Waals surface area contributed by atoms with Crippen LogP contribution in [-0.2, 0) is 11.2 Å². The third-order valence-electron chi connectivity index (χ3n) is 3.34. The molecule has 0 aromatic heterocycles. The van der Waals surface area contributed by atoms with Crippen LogP contribution in [0, 0.1) is 5.92 Å². The normalized spacial score (nSPS) is 17.6. The van der Waals surface area contributed by atoms with Gasteiger partial charge in [-0.1, -0.05) is 12.1 Å². The Kier molecular flexibility index (Phi) is 4.10. The van der Waals surface area contributed by atoms with E-state index in [4.69, 9.17) is 4.74 Å². The molecule has 1 saturated carbocycles. The lowest BCUT2D eigenvalue weighted by Gasteiger charge is -2.24. The lowest BCUT2D eigenvalue weighted by molar-refractivity contribution is -0.123. The summed E-state index contributed by atoms with van der Waals surface area (Å²) >= 11 is 0. The predicted molar refractivity (Wildman–Crippen MR) is 73.1 cm³/mol. The van der Waals surface area contributed by atoms with Crippen LogP contribution in [0.3, 0.4) is 0 Å². The maximum atomic E-state index is 11.5. The number of amides is 1. The highest BCUT2D eigenvalue weighted by molar-refractivity contribution is 5.80. The Balaban J connectivity index is 1.85. The van der Waals surface area contributed by atoms with E-state index in [2.05, 4.69) is 5.32 Å². The number of ether oxygens (including phenoxy) is 1.